The minimum Gasteiger partial charge on any atom is -0.438 e. The molecule has 0 saturated heterocycles. The van der Waals surface area contributed by atoms with Gasteiger partial charge in [0, 0.05) is 19.2 Å². The number of carbonyl (C=O) groups excluding carboxylic acids is 1. The Morgan fingerprint density at radius 2 is 2.00 bits per heavy atom. The maximum absolute atomic E-state index is 13.0. The zero-order chi connectivity index (χ0) is 25.1. The quantitative estimate of drug-likeness (QED) is 0.630. The van der Waals surface area contributed by atoms with Crippen LogP contribution in [-0.2, 0) is 5.72 Å². The number of rotatable bonds is 5. The van der Waals surface area contributed by atoms with E-state index in [2.05, 4.69) is 21.4 Å². The summed E-state index contributed by atoms with van der Waals surface area (Å²) >= 11 is 0. The Hall–Kier alpha value is -3.95. The van der Waals surface area contributed by atoms with E-state index in [0.717, 1.165) is 29.5 Å². The predicted octanol–water partition coefficient (Wildman–Crippen LogP) is 3.78. The summed E-state index contributed by atoms with van der Waals surface area (Å²) in [6, 6.07) is 8.26. The monoisotopic (exact) mass is 470 g/mol. The Morgan fingerprint density at radius 1 is 1.29 bits per heavy atom. The van der Waals surface area contributed by atoms with Gasteiger partial charge in [-0.3, -0.25) is 4.79 Å². The van der Waals surface area contributed by atoms with E-state index in [4.69, 9.17) is 10.00 Å². The van der Waals surface area contributed by atoms with Crippen LogP contribution in [0.3, 0.4) is 0 Å². The number of hydrogen-bond acceptors (Lipinski definition) is 8. The molecule has 9 heteroatoms. The van der Waals surface area contributed by atoms with Crippen molar-refractivity contribution in [1.29, 1.82) is 10.5 Å². The van der Waals surface area contributed by atoms with Crippen molar-refractivity contribution in [2.24, 2.45) is 11.3 Å². The van der Waals surface area contributed by atoms with E-state index in [0.29, 0.717) is 12.2 Å². The summed E-state index contributed by atoms with van der Waals surface area (Å²) in [5.41, 5.74) is 0.905. The summed E-state index contributed by atoms with van der Waals surface area (Å²) in [6.07, 6.45) is 5.72. The first-order valence-electron chi connectivity index (χ1n) is 11.6. The summed E-state index contributed by atoms with van der Waals surface area (Å²) in [6.45, 7) is 5.28. The normalized spacial score (nSPS) is 28.4. The molecule has 2 saturated carbocycles. The molecule has 35 heavy (non-hydrogen) atoms. The highest BCUT2D eigenvalue weighted by atomic mass is 16.5. The fraction of sp³-hybridized carbons (Fsp3) is 0.423. The van der Waals surface area contributed by atoms with E-state index in [1.165, 1.54) is 24.9 Å². The molecule has 0 radical (unpaired) electrons. The zero-order valence-electron chi connectivity index (χ0n) is 20.1. The van der Waals surface area contributed by atoms with Crippen molar-refractivity contribution < 1.29 is 14.6 Å². The Morgan fingerprint density at radius 3 is 2.57 bits per heavy atom. The third-order valence-electron chi connectivity index (χ3n) is 7.76. The molecule has 0 bridgehead atoms. The van der Waals surface area contributed by atoms with Crippen LogP contribution in [0, 0.1) is 47.8 Å². The van der Waals surface area contributed by atoms with Gasteiger partial charge in [-0.05, 0) is 80.9 Å². The standard InChI is InChI=1S/C26H26N6O3/c1-14-10-16(6-5-9-27)11-15(2)21(14)35-22-19-20(23(33)32(4)25(19,3)34)30-24(31-22)29-18-12-26(13-28)8-7-17(18)26/h5-6,10-11,17-18,34H,7-8,12H2,1-4H3,(H,29,30,31)/b6-5+. The number of hydrogen-bond donors (Lipinski definition) is 2. The van der Waals surface area contributed by atoms with Crippen LogP contribution in [0.25, 0.3) is 6.08 Å². The van der Waals surface area contributed by atoms with Crippen molar-refractivity contribution >= 4 is 17.9 Å². The van der Waals surface area contributed by atoms with Gasteiger partial charge >= 0.3 is 0 Å². The van der Waals surface area contributed by atoms with E-state index in [-0.39, 0.29) is 40.5 Å². The first-order valence-corrected chi connectivity index (χ1v) is 11.6. The van der Waals surface area contributed by atoms with Crippen LogP contribution in [0.2, 0.25) is 0 Å². The molecule has 1 aliphatic heterocycles. The van der Waals surface area contributed by atoms with Crippen LogP contribution in [-0.4, -0.2) is 39.0 Å². The molecular formula is C26H26N6O3. The van der Waals surface area contributed by atoms with Crippen LogP contribution in [0.5, 0.6) is 11.6 Å². The number of nitrogens with zero attached hydrogens (tertiary/aromatic N) is 5. The topological polar surface area (TPSA) is 135 Å². The second kappa shape index (κ2) is 7.79. The van der Waals surface area contributed by atoms with Gasteiger partial charge in [-0.1, -0.05) is 0 Å². The SMILES string of the molecule is Cc1cc(/C=C/C#N)cc(C)c1Oc1nc(NC2CC3(C#N)CCC23)nc2c1C(C)(O)N(C)C2=O. The van der Waals surface area contributed by atoms with Gasteiger partial charge in [-0.15, -0.1) is 0 Å². The summed E-state index contributed by atoms with van der Waals surface area (Å²) in [5, 5.41) is 32.8. The molecule has 1 aromatic carbocycles. The van der Waals surface area contributed by atoms with Crippen LogP contribution >= 0.6 is 0 Å². The van der Waals surface area contributed by atoms with Gasteiger partial charge in [-0.25, -0.2) is 4.98 Å². The fourth-order valence-electron chi connectivity index (χ4n) is 5.53. The van der Waals surface area contributed by atoms with Gasteiger partial charge in [0.05, 0.1) is 23.1 Å². The number of aromatic nitrogens is 2. The minimum atomic E-state index is -1.64. The Balaban J connectivity index is 1.54. The number of benzene rings is 1. The second-order valence-corrected chi connectivity index (χ2v) is 9.88. The van der Waals surface area contributed by atoms with Crippen molar-refractivity contribution in [1.82, 2.24) is 14.9 Å². The molecule has 5 rings (SSSR count). The van der Waals surface area contributed by atoms with Gasteiger partial charge in [0.1, 0.15) is 11.4 Å². The van der Waals surface area contributed by atoms with Gasteiger partial charge < -0.3 is 20.1 Å². The van der Waals surface area contributed by atoms with Crippen molar-refractivity contribution in [3.8, 4) is 23.8 Å². The molecular weight excluding hydrogens is 444 g/mol. The van der Waals surface area contributed by atoms with Crippen LogP contribution in [0.4, 0.5) is 5.95 Å². The molecule has 2 fully saturated rings. The number of nitrogens with one attached hydrogen (secondary N) is 1. The molecule has 1 amide bonds. The smallest absolute Gasteiger partial charge is 0.275 e. The number of fused-ring (bicyclic) bond motifs is 2. The number of ether oxygens (including phenoxy) is 1. The van der Waals surface area contributed by atoms with Gasteiger partial charge in [0.25, 0.3) is 5.91 Å². The van der Waals surface area contributed by atoms with E-state index in [1.54, 1.807) is 6.08 Å². The summed E-state index contributed by atoms with van der Waals surface area (Å²) in [4.78, 5) is 23.2. The highest BCUT2D eigenvalue weighted by Gasteiger charge is 2.61. The van der Waals surface area contributed by atoms with E-state index < -0.39 is 11.6 Å². The van der Waals surface area contributed by atoms with Gasteiger partial charge in [-0.2, -0.15) is 15.5 Å². The number of allylic oxidation sites excluding steroid dienone is 1. The van der Waals surface area contributed by atoms with Crippen molar-refractivity contribution in [2.75, 3.05) is 12.4 Å². The summed E-state index contributed by atoms with van der Waals surface area (Å²) in [5.74, 6) is 0.717. The number of aliphatic hydroxyl groups is 1. The Bertz CT molecular complexity index is 1350. The summed E-state index contributed by atoms with van der Waals surface area (Å²) < 4.78 is 6.28. The predicted molar refractivity (Wildman–Crippen MR) is 127 cm³/mol. The summed E-state index contributed by atoms with van der Waals surface area (Å²) in [7, 11) is 1.51. The minimum absolute atomic E-state index is 0.0544. The molecule has 3 aliphatic rings. The lowest BCUT2D eigenvalue weighted by molar-refractivity contribution is -0.0570. The number of carbonyl (C=O) groups is 1. The highest BCUT2D eigenvalue weighted by molar-refractivity contribution is 5.98. The number of anilines is 1. The Labute approximate surface area is 203 Å². The van der Waals surface area contributed by atoms with E-state index in [9.17, 15) is 15.2 Å². The fourth-order valence-corrected chi connectivity index (χ4v) is 5.53. The maximum atomic E-state index is 13.0. The Kier molecular flexibility index (Phi) is 5.08. The number of aryl methyl sites for hydroxylation is 2. The third-order valence-corrected chi connectivity index (χ3v) is 7.76. The molecule has 0 spiro atoms. The van der Waals surface area contributed by atoms with Gasteiger partial charge in [0.2, 0.25) is 11.8 Å². The van der Waals surface area contributed by atoms with Crippen LogP contribution in [0.15, 0.2) is 18.2 Å². The molecule has 2 N–H and O–H groups in total. The molecule has 1 aromatic heterocycles. The molecule has 178 valence electrons. The molecule has 4 atom stereocenters. The molecule has 9 nitrogen and oxygen atoms in total. The lowest BCUT2D eigenvalue weighted by atomic mass is 9.46. The van der Waals surface area contributed by atoms with Crippen LogP contribution in [0.1, 0.15) is 58.9 Å². The molecule has 2 heterocycles. The largest absolute Gasteiger partial charge is 0.438 e. The zero-order valence-corrected chi connectivity index (χ0v) is 20.1. The lowest BCUT2D eigenvalue weighted by Crippen LogP contribution is -2.60. The number of amides is 1. The second-order valence-electron chi connectivity index (χ2n) is 9.88. The molecule has 2 aromatic rings. The average Bonchev–Trinajstić information content (AvgIpc) is 2.97. The molecule has 2 aliphatic carbocycles. The van der Waals surface area contributed by atoms with Gasteiger partial charge in [0.15, 0.2) is 5.72 Å². The van der Waals surface area contributed by atoms with Crippen molar-refractivity contribution in [3.63, 3.8) is 0 Å². The van der Waals surface area contributed by atoms with E-state index in [1.807, 2.05) is 32.0 Å². The van der Waals surface area contributed by atoms with Crippen molar-refractivity contribution in [3.05, 3.63) is 46.2 Å². The van der Waals surface area contributed by atoms with Crippen LogP contribution < -0.4 is 10.1 Å². The lowest BCUT2D eigenvalue weighted by Gasteiger charge is -2.59. The maximum Gasteiger partial charge on any atom is 0.275 e. The van der Waals surface area contributed by atoms with E-state index >= 15 is 0 Å². The highest BCUT2D eigenvalue weighted by Crippen LogP contribution is 2.61. The number of nitriles is 2. The third kappa shape index (κ3) is 3.35. The van der Waals surface area contributed by atoms with Crippen molar-refractivity contribution in [2.45, 2.75) is 51.8 Å². The molecule has 4 unspecified atom stereocenters. The average molecular weight is 471 g/mol. The first kappa shape index (κ1) is 22.8. The first-order chi connectivity index (χ1) is 16.6.